The molecule has 7 heteroatoms. The van der Waals surface area contributed by atoms with E-state index in [9.17, 15) is 9.59 Å². The standard InChI is InChI=1S/C16H26N4O3/c1-5-13-11(2)15(19(3)18-13)17-16(22)12-6-7-14(21)20(10-12)8-9-23-4/h12H,5-10H2,1-4H3,(H,17,22). The number of carbonyl (C=O) groups excluding carboxylic acids is 2. The molecule has 23 heavy (non-hydrogen) atoms. The monoisotopic (exact) mass is 322 g/mol. The van der Waals surface area contributed by atoms with Crippen molar-refractivity contribution in [2.24, 2.45) is 13.0 Å². The van der Waals surface area contributed by atoms with Gasteiger partial charge in [0.25, 0.3) is 0 Å². The van der Waals surface area contributed by atoms with Gasteiger partial charge in [0, 0.05) is 39.2 Å². The first kappa shape index (κ1) is 17.5. The first-order valence-electron chi connectivity index (χ1n) is 8.08. The Bertz CT molecular complexity index is 582. The summed E-state index contributed by atoms with van der Waals surface area (Å²) in [5.74, 6) is 0.598. The Kier molecular flexibility index (Phi) is 5.76. The zero-order chi connectivity index (χ0) is 17.0. The van der Waals surface area contributed by atoms with Gasteiger partial charge in [0.2, 0.25) is 11.8 Å². The van der Waals surface area contributed by atoms with Crippen molar-refractivity contribution in [3.63, 3.8) is 0 Å². The fourth-order valence-corrected chi connectivity index (χ4v) is 2.96. The van der Waals surface area contributed by atoms with Gasteiger partial charge in [-0.2, -0.15) is 5.10 Å². The first-order chi connectivity index (χ1) is 11.0. The van der Waals surface area contributed by atoms with Crippen LogP contribution in [-0.4, -0.2) is 53.3 Å². The van der Waals surface area contributed by atoms with Crippen molar-refractivity contribution >= 4 is 17.6 Å². The third-order valence-electron chi connectivity index (χ3n) is 4.40. The maximum Gasteiger partial charge on any atom is 0.230 e. The van der Waals surface area contributed by atoms with E-state index in [2.05, 4.69) is 10.4 Å². The topological polar surface area (TPSA) is 76.5 Å². The fourth-order valence-electron chi connectivity index (χ4n) is 2.96. The second kappa shape index (κ2) is 7.59. The van der Waals surface area contributed by atoms with Gasteiger partial charge in [-0.1, -0.05) is 6.92 Å². The number of carbonyl (C=O) groups is 2. The van der Waals surface area contributed by atoms with Gasteiger partial charge in [0.05, 0.1) is 18.2 Å². The van der Waals surface area contributed by atoms with E-state index >= 15 is 0 Å². The van der Waals surface area contributed by atoms with Crippen molar-refractivity contribution in [1.82, 2.24) is 14.7 Å². The summed E-state index contributed by atoms with van der Waals surface area (Å²) in [4.78, 5) is 26.2. The second-order valence-electron chi connectivity index (χ2n) is 5.95. The van der Waals surface area contributed by atoms with E-state index < -0.39 is 0 Å². The molecule has 1 aromatic heterocycles. The largest absolute Gasteiger partial charge is 0.383 e. The molecule has 1 aliphatic heterocycles. The summed E-state index contributed by atoms with van der Waals surface area (Å²) in [5, 5.41) is 7.40. The number of likely N-dealkylation sites (tertiary alicyclic amines) is 1. The fraction of sp³-hybridized carbons (Fsp3) is 0.688. The molecular formula is C16H26N4O3. The van der Waals surface area contributed by atoms with Gasteiger partial charge in [0.1, 0.15) is 5.82 Å². The summed E-state index contributed by atoms with van der Waals surface area (Å²) in [6.45, 7) is 5.48. The van der Waals surface area contributed by atoms with Crippen molar-refractivity contribution in [1.29, 1.82) is 0 Å². The molecule has 0 saturated carbocycles. The van der Waals surface area contributed by atoms with Crippen molar-refractivity contribution < 1.29 is 14.3 Å². The first-order valence-corrected chi connectivity index (χ1v) is 8.08. The summed E-state index contributed by atoms with van der Waals surface area (Å²) in [6.07, 6.45) is 1.83. The number of ether oxygens (including phenoxy) is 1. The molecule has 7 nitrogen and oxygen atoms in total. The highest BCUT2D eigenvalue weighted by molar-refractivity contribution is 5.94. The van der Waals surface area contributed by atoms with Gasteiger partial charge in [-0.15, -0.1) is 0 Å². The third-order valence-corrected chi connectivity index (χ3v) is 4.40. The number of piperidine rings is 1. The van der Waals surface area contributed by atoms with Crippen LogP contribution in [0.25, 0.3) is 0 Å². The minimum Gasteiger partial charge on any atom is -0.383 e. The predicted molar refractivity (Wildman–Crippen MR) is 87.1 cm³/mol. The average Bonchev–Trinajstić information content (AvgIpc) is 2.81. The Morgan fingerprint density at radius 1 is 1.48 bits per heavy atom. The van der Waals surface area contributed by atoms with Crippen LogP contribution in [0.15, 0.2) is 0 Å². The second-order valence-corrected chi connectivity index (χ2v) is 5.95. The molecule has 128 valence electrons. The predicted octanol–water partition coefficient (Wildman–Crippen LogP) is 1.11. The van der Waals surface area contributed by atoms with Crippen LogP contribution < -0.4 is 5.32 Å². The Hall–Kier alpha value is -1.89. The van der Waals surface area contributed by atoms with E-state index in [4.69, 9.17) is 4.74 Å². The number of hydrogen-bond donors (Lipinski definition) is 1. The van der Waals surface area contributed by atoms with Crippen molar-refractivity contribution in [2.75, 3.05) is 32.1 Å². The average molecular weight is 322 g/mol. The van der Waals surface area contributed by atoms with Crippen molar-refractivity contribution in [2.45, 2.75) is 33.1 Å². The molecule has 0 aromatic carbocycles. The van der Waals surface area contributed by atoms with Gasteiger partial charge < -0.3 is 15.0 Å². The molecule has 1 unspecified atom stereocenters. The number of anilines is 1. The van der Waals surface area contributed by atoms with E-state index in [0.29, 0.717) is 32.5 Å². The number of hydrogen-bond acceptors (Lipinski definition) is 4. The number of methoxy groups -OCH3 is 1. The zero-order valence-electron chi connectivity index (χ0n) is 14.4. The number of amides is 2. The van der Waals surface area contributed by atoms with Crippen LogP contribution in [0.3, 0.4) is 0 Å². The van der Waals surface area contributed by atoms with Gasteiger partial charge in [-0.3, -0.25) is 14.3 Å². The Balaban J connectivity index is 2.03. The molecule has 0 radical (unpaired) electrons. The number of aromatic nitrogens is 2. The molecule has 1 atom stereocenters. The molecule has 0 aliphatic carbocycles. The minimum absolute atomic E-state index is 0.0475. The van der Waals surface area contributed by atoms with E-state index in [0.717, 1.165) is 23.5 Å². The molecule has 1 N–H and O–H groups in total. The molecule has 1 saturated heterocycles. The summed E-state index contributed by atoms with van der Waals surface area (Å²) in [7, 11) is 3.44. The SMILES string of the molecule is CCc1nn(C)c(NC(=O)C2CCC(=O)N(CCOC)C2)c1C. The van der Waals surface area contributed by atoms with Crippen LogP contribution in [-0.2, 0) is 27.8 Å². The van der Waals surface area contributed by atoms with Crippen LogP contribution in [0.5, 0.6) is 0 Å². The Morgan fingerprint density at radius 3 is 2.83 bits per heavy atom. The van der Waals surface area contributed by atoms with Crippen molar-refractivity contribution in [3.8, 4) is 0 Å². The van der Waals surface area contributed by atoms with Crippen LogP contribution in [0.1, 0.15) is 31.0 Å². The molecule has 1 fully saturated rings. The number of rotatable bonds is 6. The van der Waals surface area contributed by atoms with E-state index in [1.54, 1.807) is 16.7 Å². The van der Waals surface area contributed by atoms with Gasteiger partial charge in [-0.05, 0) is 19.8 Å². The molecular weight excluding hydrogens is 296 g/mol. The van der Waals surface area contributed by atoms with Crippen LogP contribution in [0.4, 0.5) is 5.82 Å². The lowest BCUT2D eigenvalue weighted by molar-refractivity contribution is -0.137. The minimum atomic E-state index is -0.191. The molecule has 1 aromatic rings. The lowest BCUT2D eigenvalue weighted by atomic mass is 9.96. The van der Waals surface area contributed by atoms with Crippen LogP contribution in [0, 0.1) is 12.8 Å². The number of aryl methyl sites for hydroxylation is 2. The van der Waals surface area contributed by atoms with E-state index in [-0.39, 0.29) is 17.7 Å². The van der Waals surface area contributed by atoms with Gasteiger partial charge in [-0.25, -0.2) is 0 Å². The smallest absolute Gasteiger partial charge is 0.230 e. The van der Waals surface area contributed by atoms with E-state index in [1.807, 2.05) is 20.9 Å². The normalized spacial score (nSPS) is 18.3. The van der Waals surface area contributed by atoms with Crippen LogP contribution in [0.2, 0.25) is 0 Å². The molecule has 0 bridgehead atoms. The highest BCUT2D eigenvalue weighted by Crippen LogP contribution is 2.22. The summed E-state index contributed by atoms with van der Waals surface area (Å²) in [5.41, 5.74) is 2.00. The molecule has 1 aliphatic rings. The molecule has 0 spiro atoms. The molecule has 2 rings (SSSR count). The number of nitrogens with one attached hydrogen (secondary N) is 1. The summed E-state index contributed by atoms with van der Waals surface area (Å²) >= 11 is 0. The lowest BCUT2D eigenvalue weighted by Gasteiger charge is -2.31. The highest BCUT2D eigenvalue weighted by atomic mass is 16.5. The van der Waals surface area contributed by atoms with Crippen LogP contribution >= 0.6 is 0 Å². The molecule has 2 heterocycles. The lowest BCUT2D eigenvalue weighted by Crippen LogP contribution is -2.45. The Labute approximate surface area is 137 Å². The summed E-state index contributed by atoms with van der Waals surface area (Å²) in [6, 6.07) is 0. The van der Waals surface area contributed by atoms with Crippen molar-refractivity contribution in [3.05, 3.63) is 11.3 Å². The van der Waals surface area contributed by atoms with E-state index in [1.165, 1.54) is 0 Å². The van der Waals surface area contributed by atoms with Gasteiger partial charge in [0.15, 0.2) is 0 Å². The Morgan fingerprint density at radius 2 is 2.22 bits per heavy atom. The maximum absolute atomic E-state index is 12.6. The zero-order valence-corrected chi connectivity index (χ0v) is 14.4. The van der Waals surface area contributed by atoms with Gasteiger partial charge >= 0.3 is 0 Å². The molecule has 2 amide bonds. The third kappa shape index (κ3) is 3.90. The quantitative estimate of drug-likeness (QED) is 0.851. The summed E-state index contributed by atoms with van der Waals surface area (Å²) < 4.78 is 6.74. The maximum atomic E-state index is 12.6. The highest BCUT2D eigenvalue weighted by Gasteiger charge is 2.30. The number of nitrogens with zero attached hydrogens (tertiary/aromatic N) is 3.